The minimum atomic E-state index is -0.165. The molecule has 3 rings (SSSR count). The monoisotopic (exact) mass is 311 g/mol. The second-order valence-electron chi connectivity index (χ2n) is 6.19. The first-order valence-electron chi connectivity index (χ1n) is 7.72. The number of hydrogen-bond donors (Lipinski definition) is 1. The van der Waals surface area contributed by atoms with Crippen molar-refractivity contribution in [3.8, 4) is 0 Å². The van der Waals surface area contributed by atoms with Crippen molar-refractivity contribution in [3.05, 3.63) is 21.4 Å². The van der Waals surface area contributed by atoms with Crippen molar-refractivity contribution in [2.75, 3.05) is 5.88 Å². The van der Waals surface area contributed by atoms with Crippen molar-refractivity contribution in [1.82, 2.24) is 5.32 Å². The molecular formula is C16H22ClNOS. The molecule has 2 aliphatic rings. The van der Waals surface area contributed by atoms with E-state index < -0.39 is 0 Å². The third kappa shape index (κ3) is 2.89. The summed E-state index contributed by atoms with van der Waals surface area (Å²) in [7, 11) is 0. The van der Waals surface area contributed by atoms with E-state index in [1.54, 1.807) is 11.3 Å². The van der Waals surface area contributed by atoms with Gasteiger partial charge in [0.1, 0.15) is 0 Å². The lowest BCUT2D eigenvalue weighted by Gasteiger charge is -2.36. The Kier molecular flexibility index (Phi) is 4.37. The number of halogens is 1. The Morgan fingerprint density at radius 2 is 1.95 bits per heavy atom. The van der Waals surface area contributed by atoms with Crippen molar-refractivity contribution in [1.29, 1.82) is 0 Å². The van der Waals surface area contributed by atoms with Crippen LogP contribution in [0, 0.1) is 0 Å². The van der Waals surface area contributed by atoms with Gasteiger partial charge in [-0.15, -0.1) is 22.9 Å². The lowest BCUT2D eigenvalue weighted by molar-refractivity contribution is 0.0889. The zero-order valence-corrected chi connectivity index (χ0v) is 13.4. The van der Waals surface area contributed by atoms with Crippen molar-refractivity contribution in [2.24, 2.45) is 0 Å². The first kappa shape index (κ1) is 14.4. The quantitative estimate of drug-likeness (QED) is 0.829. The molecule has 0 aliphatic heterocycles. The summed E-state index contributed by atoms with van der Waals surface area (Å²) in [6.45, 7) is 0. The van der Waals surface area contributed by atoms with Crippen LogP contribution in [0.2, 0.25) is 0 Å². The Bertz CT molecular complexity index is 467. The van der Waals surface area contributed by atoms with Gasteiger partial charge < -0.3 is 5.32 Å². The fourth-order valence-electron chi connectivity index (χ4n) is 3.43. The Balaban J connectivity index is 1.73. The predicted octanol–water partition coefficient (Wildman–Crippen LogP) is 4.30. The van der Waals surface area contributed by atoms with Gasteiger partial charge in [0.25, 0.3) is 5.91 Å². The van der Waals surface area contributed by atoms with Gasteiger partial charge in [0, 0.05) is 10.8 Å². The number of rotatable bonds is 3. The van der Waals surface area contributed by atoms with Gasteiger partial charge >= 0.3 is 0 Å². The fraction of sp³-hybridized carbons (Fsp3) is 0.688. The molecule has 1 amide bonds. The van der Waals surface area contributed by atoms with Gasteiger partial charge in [-0.05, 0) is 50.2 Å². The zero-order valence-electron chi connectivity index (χ0n) is 11.8. The Morgan fingerprint density at radius 3 is 2.65 bits per heavy atom. The molecule has 1 saturated carbocycles. The van der Waals surface area contributed by atoms with Crippen LogP contribution in [-0.4, -0.2) is 17.3 Å². The number of fused-ring (bicyclic) bond motifs is 1. The van der Waals surface area contributed by atoms with Crippen LogP contribution in [0.4, 0.5) is 0 Å². The minimum absolute atomic E-state index is 0.0898. The number of amides is 1. The molecule has 2 nitrogen and oxygen atoms in total. The molecule has 1 heterocycles. The second kappa shape index (κ2) is 6.07. The van der Waals surface area contributed by atoms with E-state index in [0.29, 0.717) is 5.88 Å². The summed E-state index contributed by atoms with van der Waals surface area (Å²) in [6, 6.07) is 2.11. The highest BCUT2D eigenvalue weighted by Crippen LogP contribution is 2.32. The van der Waals surface area contributed by atoms with Crippen LogP contribution in [0.25, 0.3) is 0 Å². The van der Waals surface area contributed by atoms with Crippen LogP contribution < -0.4 is 5.32 Å². The molecular weight excluding hydrogens is 290 g/mol. The summed E-state index contributed by atoms with van der Waals surface area (Å²) in [6.07, 6.45) is 10.5. The molecule has 110 valence electrons. The van der Waals surface area contributed by atoms with E-state index >= 15 is 0 Å². The molecule has 4 heteroatoms. The fourth-order valence-corrected chi connectivity index (χ4v) is 4.91. The molecule has 1 aromatic rings. The number of carbonyl (C=O) groups excluding carboxylic acids is 1. The van der Waals surface area contributed by atoms with Crippen LogP contribution >= 0.6 is 22.9 Å². The third-order valence-corrected chi connectivity index (χ3v) is 6.41. The van der Waals surface area contributed by atoms with E-state index in [1.165, 1.54) is 42.5 Å². The average molecular weight is 312 g/mol. The van der Waals surface area contributed by atoms with E-state index in [4.69, 9.17) is 11.6 Å². The van der Waals surface area contributed by atoms with E-state index in [2.05, 4.69) is 11.4 Å². The predicted molar refractivity (Wildman–Crippen MR) is 85.0 cm³/mol. The molecule has 0 atom stereocenters. The molecule has 0 bridgehead atoms. The Morgan fingerprint density at radius 1 is 1.20 bits per heavy atom. The van der Waals surface area contributed by atoms with E-state index in [-0.39, 0.29) is 11.4 Å². The smallest absolute Gasteiger partial charge is 0.261 e. The molecule has 0 saturated heterocycles. The van der Waals surface area contributed by atoms with E-state index in [0.717, 1.165) is 30.6 Å². The van der Waals surface area contributed by atoms with Gasteiger partial charge in [-0.3, -0.25) is 4.79 Å². The maximum absolute atomic E-state index is 12.5. The van der Waals surface area contributed by atoms with Crippen molar-refractivity contribution >= 4 is 28.8 Å². The van der Waals surface area contributed by atoms with Gasteiger partial charge in [0.2, 0.25) is 0 Å². The summed E-state index contributed by atoms with van der Waals surface area (Å²) < 4.78 is 0. The molecule has 0 aromatic carbocycles. The minimum Gasteiger partial charge on any atom is -0.345 e. The first-order chi connectivity index (χ1) is 9.72. The molecule has 20 heavy (non-hydrogen) atoms. The lowest BCUT2D eigenvalue weighted by Crippen LogP contribution is -2.51. The second-order valence-corrected chi connectivity index (χ2v) is 7.60. The molecule has 2 aliphatic carbocycles. The summed E-state index contributed by atoms with van der Waals surface area (Å²) in [4.78, 5) is 14.8. The van der Waals surface area contributed by atoms with Gasteiger partial charge in [0.05, 0.1) is 10.4 Å². The number of hydrogen-bond acceptors (Lipinski definition) is 2. The zero-order chi connectivity index (χ0) is 14.0. The van der Waals surface area contributed by atoms with Crippen LogP contribution in [0.1, 0.15) is 65.1 Å². The topological polar surface area (TPSA) is 29.1 Å². The molecule has 1 N–H and O–H groups in total. The SMILES string of the molecule is O=C(NC1(CCl)CCCCC1)c1cc2c(s1)CCCC2. The van der Waals surface area contributed by atoms with E-state index in [9.17, 15) is 4.79 Å². The van der Waals surface area contributed by atoms with Crippen molar-refractivity contribution in [2.45, 2.75) is 63.3 Å². The molecule has 0 unspecified atom stereocenters. The van der Waals surface area contributed by atoms with Gasteiger partial charge in [0.15, 0.2) is 0 Å². The van der Waals surface area contributed by atoms with Crippen LogP contribution in [-0.2, 0) is 12.8 Å². The maximum atomic E-state index is 12.5. The molecule has 1 aromatic heterocycles. The summed E-state index contributed by atoms with van der Waals surface area (Å²) in [5, 5.41) is 3.25. The maximum Gasteiger partial charge on any atom is 0.261 e. The molecule has 0 radical (unpaired) electrons. The Labute approximate surface area is 129 Å². The first-order valence-corrected chi connectivity index (χ1v) is 9.08. The van der Waals surface area contributed by atoms with Crippen LogP contribution in [0.3, 0.4) is 0 Å². The number of alkyl halides is 1. The number of aryl methyl sites for hydroxylation is 2. The lowest BCUT2D eigenvalue weighted by atomic mass is 9.83. The highest BCUT2D eigenvalue weighted by atomic mass is 35.5. The molecule has 0 spiro atoms. The number of nitrogens with one attached hydrogen (secondary N) is 1. The largest absolute Gasteiger partial charge is 0.345 e. The number of carbonyl (C=O) groups is 1. The van der Waals surface area contributed by atoms with Gasteiger partial charge in [-0.25, -0.2) is 0 Å². The van der Waals surface area contributed by atoms with Gasteiger partial charge in [-0.1, -0.05) is 19.3 Å². The van der Waals surface area contributed by atoms with Crippen molar-refractivity contribution in [3.63, 3.8) is 0 Å². The molecule has 1 fully saturated rings. The highest BCUT2D eigenvalue weighted by molar-refractivity contribution is 7.14. The normalized spacial score (nSPS) is 21.2. The average Bonchev–Trinajstić information content (AvgIpc) is 2.92. The highest BCUT2D eigenvalue weighted by Gasteiger charge is 2.33. The number of thiophene rings is 1. The standard InChI is InChI=1S/C16H22ClNOS/c17-11-16(8-4-1-5-9-16)18-15(19)14-10-12-6-2-3-7-13(12)20-14/h10H,1-9,11H2,(H,18,19). The summed E-state index contributed by atoms with van der Waals surface area (Å²) >= 11 is 7.84. The summed E-state index contributed by atoms with van der Waals surface area (Å²) in [5.74, 6) is 0.621. The van der Waals surface area contributed by atoms with Crippen LogP contribution in [0.15, 0.2) is 6.07 Å². The van der Waals surface area contributed by atoms with Crippen molar-refractivity contribution < 1.29 is 4.79 Å². The van der Waals surface area contributed by atoms with Crippen LogP contribution in [0.5, 0.6) is 0 Å². The Hall–Kier alpha value is -0.540. The summed E-state index contributed by atoms with van der Waals surface area (Å²) in [5.41, 5.74) is 1.23. The third-order valence-electron chi connectivity index (χ3n) is 4.67. The van der Waals surface area contributed by atoms with Gasteiger partial charge in [-0.2, -0.15) is 0 Å². The van der Waals surface area contributed by atoms with E-state index in [1.807, 2.05) is 0 Å².